The van der Waals surface area contributed by atoms with Gasteiger partial charge in [-0.2, -0.15) is 13.2 Å². The molecule has 0 unspecified atom stereocenters. The van der Waals surface area contributed by atoms with Crippen LogP contribution in [0.5, 0.6) is 0 Å². The van der Waals surface area contributed by atoms with Crippen LogP contribution < -0.4 is 10.6 Å². The predicted octanol–water partition coefficient (Wildman–Crippen LogP) is 2.24. The van der Waals surface area contributed by atoms with E-state index in [0.29, 0.717) is 31.6 Å². The molecule has 0 saturated carbocycles. The van der Waals surface area contributed by atoms with Crippen molar-refractivity contribution in [2.45, 2.75) is 6.18 Å². The number of halogens is 4. The van der Waals surface area contributed by atoms with Gasteiger partial charge in [-0.15, -0.1) is 0 Å². The Kier molecular flexibility index (Phi) is 2.99. The second kappa shape index (κ2) is 4.18. The van der Waals surface area contributed by atoms with Crippen LogP contribution >= 0.6 is 0 Å². The summed E-state index contributed by atoms with van der Waals surface area (Å²) in [5.41, 5.74) is 4.67. The molecule has 0 spiro atoms. The van der Waals surface area contributed by atoms with E-state index in [-0.39, 0.29) is 5.69 Å². The fraction of sp³-hybridized carbons (Fsp3) is 0.455. The zero-order valence-corrected chi connectivity index (χ0v) is 8.97. The maximum absolute atomic E-state index is 13.5. The van der Waals surface area contributed by atoms with Crippen molar-refractivity contribution in [2.75, 3.05) is 24.5 Å². The lowest BCUT2D eigenvalue weighted by Gasteiger charge is -2.40. The zero-order valence-electron chi connectivity index (χ0n) is 8.97. The highest BCUT2D eigenvalue weighted by molar-refractivity contribution is 5.51. The van der Waals surface area contributed by atoms with Crippen LogP contribution in [0.25, 0.3) is 0 Å². The Bertz CT molecular complexity index is 410. The van der Waals surface area contributed by atoms with Crippen LogP contribution in [0.2, 0.25) is 0 Å². The van der Waals surface area contributed by atoms with Crippen LogP contribution in [0.15, 0.2) is 18.2 Å². The summed E-state index contributed by atoms with van der Waals surface area (Å²) in [6.45, 7) is 1.70. The van der Waals surface area contributed by atoms with Crippen molar-refractivity contribution in [3.8, 4) is 0 Å². The number of benzene rings is 1. The van der Waals surface area contributed by atoms with Crippen LogP contribution in [0.1, 0.15) is 5.56 Å². The first-order valence-electron chi connectivity index (χ1n) is 5.23. The molecule has 0 atom stereocenters. The Morgan fingerprint density at radius 2 is 1.94 bits per heavy atom. The fourth-order valence-electron chi connectivity index (χ4n) is 1.86. The van der Waals surface area contributed by atoms with E-state index in [1.807, 2.05) is 0 Å². The second-order valence-corrected chi connectivity index (χ2v) is 4.17. The van der Waals surface area contributed by atoms with Crippen LogP contribution in [-0.2, 0) is 6.18 Å². The standard InChI is InChI=1S/C11H12F4N2/c12-9-3-8(11(13,14)15)1-2-10(9)17-5-7(4-16)6-17/h1-3,7H,4-6,16H2. The minimum atomic E-state index is -4.51. The Morgan fingerprint density at radius 3 is 2.41 bits per heavy atom. The summed E-state index contributed by atoms with van der Waals surface area (Å²) >= 11 is 0. The minimum absolute atomic E-state index is 0.211. The van der Waals surface area contributed by atoms with Gasteiger partial charge in [0, 0.05) is 19.0 Å². The van der Waals surface area contributed by atoms with E-state index in [0.717, 1.165) is 6.07 Å². The van der Waals surface area contributed by atoms with Gasteiger partial charge in [0.15, 0.2) is 0 Å². The number of anilines is 1. The van der Waals surface area contributed by atoms with E-state index in [1.54, 1.807) is 4.90 Å². The maximum Gasteiger partial charge on any atom is 0.416 e. The van der Waals surface area contributed by atoms with Gasteiger partial charge in [0.05, 0.1) is 11.3 Å². The average molecular weight is 248 g/mol. The summed E-state index contributed by atoms with van der Waals surface area (Å²) < 4.78 is 50.5. The molecule has 6 heteroatoms. The van der Waals surface area contributed by atoms with Gasteiger partial charge in [0.25, 0.3) is 0 Å². The molecule has 2 N–H and O–H groups in total. The van der Waals surface area contributed by atoms with Gasteiger partial charge in [0.2, 0.25) is 0 Å². The SMILES string of the molecule is NCC1CN(c2ccc(C(F)(F)F)cc2F)C1. The van der Waals surface area contributed by atoms with Gasteiger partial charge in [-0.1, -0.05) is 0 Å². The topological polar surface area (TPSA) is 29.3 Å². The minimum Gasteiger partial charge on any atom is -0.368 e. The Hall–Kier alpha value is -1.30. The van der Waals surface area contributed by atoms with Crippen LogP contribution in [0.3, 0.4) is 0 Å². The first-order valence-corrected chi connectivity index (χ1v) is 5.23. The monoisotopic (exact) mass is 248 g/mol. The molecule has 17 heavy (non-hydrogen) atoms. The van der Waals surface area contributed by atoms with E-state index in [2.05, 4.69) is 0 Å². The molecule has 1 aliphatic heterocycles. The molecule has 1 aromatic carbocycles. The van der Waals surface area contributed by atoms with Gasteiger partial charge in [-0.25, -0.2) is 4.39 Å². The van der Waals surface area contributed by atoms with Crippen LogP contribution in [-0.4, -0.2) is 19.6 Å². The van der Waals surface area contributed by atoms with E-state index in [1.165, 1.54) is 6.07 Å². The van der Waals surface area contributed by atoms with E-state index in [9.17, 15) is 17.6 Å². The molecular formula is C11H12F4N2. The molecule has 0 aliphatic carbocycles. The number of nitrogens with two attached hydrogens (primary N) is 1. The Balaban J connectivity index is 2.16. The molecule has 1 aliphatic rings. The summed E-state index contributed by atoms with van der Waals surface area (Å²) in [7, 11) is 0. The first kappa shape index (κ1) is 12.2. The molecule has 1 fully saturated rings. The van der Waals surface area contributed by atoms with Crippen LogP contribution in [0.4, 0.5) is 23.2 Å². The lowest BCUT2D eigenvalue weighted by Crippen LogP contribution is -2.50. The maximum atomic E-state index is 13.5. The normalized spacial score (nSPS) is 17.1. The summed E-state index contributed by atoms with van der Waals surface area (Å²) in [6.07, 6.45) is -4.51. The number of rotatable bonds is 2. The third kappa shape index (κ3) is 2.36. The average Bonchev–Trinajstić information content (AvgIpc) is 2.17. The third-order valence-corrected chi connectivity index (χ3v) is 2.91. The summed E-state index contributed by atoms with van der Waals surface area (Å²) in [5, 5.41) is 0. The largest absolute Gasteiger partial charge is 0.416 e. The molecule has 0 radical (unpaired) electrons. The van der Waals surface area contributed by atoms with Crippen molar-refractivity contribution in [1.29, 1.82) is 0 Å². The second-order valence-electron chi connectivity index (χ2n) is 4.17. The quantitative estimate of drug-likeness (QED) is 0.813. The highest BCUT2D eigenvalue weighted by atomic mass is 19.4. The van der Waals surface area contributed by atoms with Crippen molar-refractivity contribution >= 4 is 5.69 Å². The molecule has 94 valence electrons. The molecule has 1 saturated heterocycles. The summed E-state index contributed by atoms with van der Waals surface area (Å²) in [5.74, 6) is -0.535. The highest BCUT2D eigenvalue weighted by Crippen LogP contribution is 2.33. The fourth-order valence-corrected chi connectivity index (χ4v) is 1.86. The molecular weight excluding hydrogens is 236 g/mol. The molecule has 0 bridgehead atoms. The molecule has 0 aromatic heterocycles. The highest BCUT2D eigenvalue weighted by Gasteiger charge is 2.33. The van der Waals surface area contributed by atoms with Crippen LogP contribution in [0, 0.1) is 11.7 Å². The Morgan fingerprint density at radius 1 is 1.29 bits per heavy atom. The lowest BCUT2D eigenvalue weighted by molar-refractivity contribution is -0.137. The van der Waals surface area contributed by atoms with Crippen molar-refractivity contribution in [3.05, 3.63) is 29.6 Å². The van der Waals surface area contributed by atoms with Gasteiger partial charge < -0.3 is 10.6 Å². The van der Waals surface area contributed by atoms with Crippen molar-refractivity contribution in [3.63, 3.8) is 0 Å². The van der Waals surface area contributed by atoms with Crippen molar-refractivity contribution in [2.24, 2.45) is 11.7 Å². The molecule has 0 amide bonds. The molecule has 1 heterocycles. The molecule has 2 rings (SSSR count). The number of hydrogen-bond donors (Lipinski definition) is 1. The van der Waals surface area contributed by atoms with E-state index in [4.69, 9.17) is 5.73 Å². The number of nitrogens with zero attached hydrogens (tertiary/aromatic N) is 1. The van der Waals surface area contributed by atoms with E-state index >= 15 is 0 Å². The van der Waals surface area contributed by atoms with Gasteiger partial charge in [0.1, 0.15) is 5.82 Å². The molecule has 2 nitrogen and oxygen atoms in total. The van der Waals surface area contributed by atoms with Gasteiger partial charge >= 0.3 is 6.18 Å². The van der Waals surface area contributed by atoms with Crippen molar-refractivity contribution < 1.29 is 17.6 Å². The van der Waals surface area contributed by atoms with Crippen molar-refractivity contribution in [1.82, 2.24) is 0 Å². The van der Waals surface area contributed by atoms with Gasteiger partial charge in [-0.3, -0.25) is 0 Å². The lowest BCUT2D eigenvalue weighted by atomic mass is 9.99. The molecule has 1 aromatic rings. The number of alkyl halides is 3. The smallest absolute Gasteiger partial charge is 0.368 e. The predicted molar refractivity (Wildman–Crippen MR) is 56.2 cm³/mol. The number of hydrogen-bond acceptors (Lipinski definition) is 2. The summed E-state index contributed by atoms with van der Waals surface area (Å²) in [6, 6.07) is 2.60. The first-order chi connectivity index (χ1) is 7.91. The summed E-state index contributed by atoms with van der Waals surface area (Å²) in [4.78, 5) is 1.69. The Labute approximate surface area is 96.0 Å². The van der Waals surface area contributed by atoms with E-state index < -0.39 is 17.6 Å². The van der Waals surface area contributed by atoms with Gasteiger partial charge in [-0.05, 0) is 24.7 Å². The zero-order chi connectivity index (χ0) is 12.6. The third-order valence-electron chi connectivity index (χ3n) is 2.91.